The second-order valence-electron chi connectivity index (χ2n) is 9.09. The van der Waals surface area contributed by atoms with Gasteiger partial charge in [0.2, 0.25) is 0 Å². The van der Waals surface area contributed by atoms with E-state index in [4.69, 9.17) is 0 Å². The monoisotopic (exact) mass is 392 g/mol. The molecule has 0 aromatic heterocycles. The molecule has 0 saturated carbocycles. The first kappa shape index (κ1) is 27.7. The molecule has 0 radical (unpaired) electrons. The van der Waals surface area contributed by atoms with Gasteiger partial charge >= 0.3 is 0 Å². The minimum atomic E-state index is 1.19. The van der Waals surface area contributed by atoms with Gasteiger partial charge in [-0.25, -0.2) is 0 Å². The molecule has 0 heteroatoms. The lowest BCUT2D eigenvalue weighted by Crippen LogP contribution is -1.84. The molecule has 0 aliphatic rings. The SMILES string of the molecule is CC/C=C/CCCCCCCCCCCCCCCCCCCCCCCC. The summed E-state index contributed by atoms with van der Waals surface area (Å²) in [7, 11) is 0. The number of hydrogen-bond acceptors (Lipinski definition) is 0. The number of rotatable bonds is 24. The molecule has 0 fully saturated rings. The molecule has 0 aliphatic carbocycles. The summed E-state index contributed by atoms with van der Waals surface area (Å²) in [6, 6.07) is 0. The molecule has 0 unspecified atom stereocenters. The van der Waals surface area contributed by atoms with Crippen molar-refractivity contribution in [2.45, 2.75) is 168 Å². The van der Waals surface area contributed by atoms with Crippen LogP contribution in [0.5, 0.6) is 0 Å². The fourth-order valence-electron chi connectivity index (χ4n) is 4.16. The van der Waals surface area contributed by atoms with Crippen molar-refractivity contribution < 1.29 is 0 Å². The summed E-state index contributed by atoms with van der Waals surface area (Å²) in [6.45, 7) is 4.52. The van der Waals surface area contributed by atoms with Crippen molar-refractivity contribution in [1.82, 2.24) is 0 Å². The molecular weight excluding hydrogens is 336 g/mol. The molecule has 0 amide bonds. The molecule has 28 heavy (non-hydrogen) atoms. The van der Waals surface area contributed by atoms with Crippen molar-refractivity contribution in [3.8, 4) is 0 Å². The summed E-state index contributed by atoms with van der Waals surface area (Å²) in [4.78, 5) is 0. The second-order valence-corrected chi connectivity index (χ2v) is 9.09. The summed E-state index contributed by atoms with van der Waals surface area (Å²) < 4.78 is 0. The van der Waals surface area contributed by atoms with Gasteiger partial charge in [-0.1, -0.05) is 161 Å². The first-order valence-electron chi connectivity index (χ1n) is 13.6. The van der Waals surface area contributed by atoms with Crippen LogP contribution >= 0.6 is 0 Å². The van der Waals surface area contributed by atoms with Crippen LogP contribution in [-0.4, -0.2) is 0 Å². The molecule has 0 N–H and O–H groups in total. The zero-order chi connectivity index (χ0) is 20.4. The highest BCUT2D eigenvalue weighted by molar-refractivity contribution is 4.79. The van der Waals surface area contributed by atoms with Gasteiger partial charge < -0.3 is 0 Å². The second kappa shape index (κ2) is 26.7. The van der Waals surface area contributed by atoms with Gasteiger partial charge in [-0.2, -0.15) is 0 Å². The summed E-state index contributed by atoms with van der Waals surface area (Å²) in [5.74, 6) is 0. The van der Waals surface area contributed by atoms with Gasteiger partial charge in [-0.15, -0.1) is 0 Å². The summed E-state index contributed by atoms with van der Waals surface area (Å²) in [6.07, 6.45) is 39.5. The standard InChI is InChI=1S/C28H56/c1-3-5-7-9-11-13-15-17-19-21-23-25-27-28-26-24-22-20-18-16-14-12-10-8-6-4-2/h5,7H,3-4,6,8-28H2,1-2H3/b7-5+. The van der Waals surface area contributed by atoms with Crippen LogP contribution in [0.3, 0.4) is 0 Å². The normalized spacial score (nSPS) is 11.6. The third kappa shape index (κ3) is 25.7. The van der Waals surface area contributed by atoms with Crippen molar-refractivity contribution in [3.63, 3.8) is 0 Å². The maximum atomic E-state index is 2.36. The van der Waals surface area contributed by atoms with Crippen molar-refractivity contribution in [2.75, 3.05) is 0 Å². The van der Waals surface area contributed by atoms with Crippen molar-refractivity contribution >= 4 is 0 Å². The molecule has 0 heterocycles. The van der Waals surface area contributed by atoms with Crippen LogP contribution in [0, 0.1) is 0 Å². The highest BCUT2D eigenvalue weighted by Gasteiger charge is 1.95. The molecule has 0 nitrogen and oxygen atoms in total. The van der Waals surface area contributed by atoms with Crippen molar-refractivity contribution in [1.29, 1.82) is 0 Å². The van der Waals surface area contributed by atoms with Gasteiger partial charge in [-0.05, 0) is 19.3 Å². The predicted octanol–water partition coefficient (Wildman–Crippen LogP) is 10.9. The molecule has 0 bridgehead atoms. The Bertz CT molecular complexity index is 278. The topological polar surface area (TPSA) is 0 Å². The van der Waals surface area contributed by atoms with E-state index in [2.05, 4.69) is 26.0 Å². The summed E-state index contributed by atoms with van der Waals surface area (Å²) in [5.41, 5.74) is 0. The highest BCUT2D eigenvalue weighted by Crippen LogP contribution is 2.15. The lowest BCUT2D eigenvalue weighted by molar-refractivity contribution is 0.519. The lowest BCUT2D eigenvalue weighted by atomic mass is 10.0. The first-order chi connectivity index (χ1) is 13.9. The molecule has 168 valence electrons. The van der Waals surface area contributed by atoms with E-state index >= 15 is 0 Å². The Morgan fingerprint density at radius 1 is 0.321 bits per heavy atom. The fourth-order valence-corrected chi connectivity index (χ4v) is 4.16. The molecule has 0 aromatic carbocycles. The van der Waals surface area contributed by atoms with E-state index in [0.29, 0.717) is 0 Å². The van der Waals surface area contributed by atoms with Crippen LogP contribution in [0.4, 0.5) is 0 Å². The average molecular weight is 393 g/mol. The van der Waals surface area contributed by atoms with Gasteiger partial charge in [0.1, 0.15) is 0 Å². The Balaban J connectivity index is 2.99. The van der Waals surface area contributed by atoms with E-state index in [1.54, 1.807) is 0 Å². The zero-order valence-corrected chi connectivity index (χ0v) is 20.1. The predicted molar refractivity (Wildman–Crippen MR) is 131 cm³/mol. The van der Waals surface area contributed by atoms with Gasteiger partial charge in [0.05, 0.1) is 0 Å². The van der Waals surface area contributed by atoms with E-state index < -0.39 is 0 Å². The lowest BCUT2D eigenvalue weighted by Gasteiger charge is -2.04. The van der Waals surface area contributed by atoms with E-state index in [1.807, 2.05) is 0 Å². The maximum absolute atomic E-state index is 2.36. The summed E-state index contributed by atoms with van der Waals surface area (Å²) >= 11 is 0. The van der Waals surface area contributed by atoms with E-state index in [1.165, 1.54) is 154 Å². The molecule has 0 spiro atoms. The first-order valence-corrected chi connectivity index (χ1v) is 13.6. The largest absolute Gasteiger partial charge is 0.0888 e. The number of unbranched alkanes of at least 4 members (excludes halogenated alkanes) is 22. The number of allylic oxidation sites excluding steroid dienone is 2. The van der Waals surface area contributed by atoms with Crippen LogP contribution in [0.2, 0.25) is 0 Å². The van der Waals surface area contributed by atoms with Crippen LogP contribution in [0.15, 0.2) is 12.2 Å². The van der Waals surface area contributed by atoms with E-state index in [-0.39, 0.29) is 0 Å². The van der Waals surface area contributed by atoms with Gasteiger partial charge in [0.25, 0.3) is 0 Å². The third-order valence-electron chi connectivity index (χ3n) is 6.13. The third-order valence-corrected chi connectivity index (χ3v) is 6.13. The minimum Gasteiger partial charge on any atom is -0.0888 e. The van der Waals surface area contributed by atoms with Crippen molar-refractivity contribution in [3.05, 3.63) is 12.2 Å². The average Bonchev–Trinajstić information content (AvgIpc) is 2.71. The minimum absolute atomic E-state index is 1.19. The molecule has 0 atom stereocenters. The molecule has 0 aliphatic heterocycles. The quantitative estimate of drug-likeness (QED) is 0.113. The van der Waals surface area contributed by atoms with Crippen molar-refractivity contribution in [2.24, 2.45) is 0 Å². The van der Waals surface area contributed by atoms with Crippen LogP contribution in [-0.2, 0) is 0 Å². The van der Waals surface area contributed by atoms with Gasteiger partial charge in [-0.3, -0.25) is 0 Å². The molecular formula is C28H56. The Morgan fingerprint density at radius 3 is 0.893 bits per heavy atom. The smallest absolute Gasteiger partial charge is 0.0351 e. The Labute approximate surface area is 180 Å². The summed E-state index contributed by atoms with van der Waals surface area (Å²) in [5, 5.41) is 0. The van der Waals surface area contributed by atoms with Crippen LogP contribution in [0.25, 0.3) is 0 Å². The Morgan fingerprint density at radius 2 is 0.607 bits per heavy atom. The Kier molecular flexibility index (Phi) is 26.5. The van der Waals surface area contributed by atoms with E-state index in [9.17, 15) is 0 Å². The van der Waals surface area contributed by atoms with Gasteiger partial charge in [0, 0.05) is 0 Å². The number of hydrogen-bond donors (Lipinski definition) is 0. The Hall–Kier alpha value is -0.260. The van der Waals surface area contributed by atoms with Gasteiger partial charge in [0.15, 0.2) is 0 Å². The fraction of sp³-hybridized carbons (Fsp3) is 0.929. The maximum Gasteiger partial charge on any atom is -0.0351 e. The molecule has 0 rings (SSSR count). The zero-order valence-electron chi connectivity index (χ0n) is 20.1. The van der Waals surface area contributed by atoms with Crippen LogP contribution in [0.1, 0.15) is 168 Å². The van der Waals surface area contributed by atoms with E-state index in [0.717, 1.165) is 0 Å². The highest BCUT2D eigenvalue weighted by atomic mass is 14.0. The molecule has 0 saturated heterocycles. The van der Waals surface area contributed by atoms with Crippen LogP contribution < -0.4 is 0 Å². The molecule has 0 aromatic rings.